The molecule has 0 atom stereocenters. The van der Waals surface area contributed by atoms with Crippen molar-refractivity contribution in [1.82, 2.24) is 21.7 Å². The van der Waals surface area contributed by atoms with E-state index < -0.39 is 40.8 Å². The Bertz CT molecular complexity index is 617. The third-order valence-corrected chi connectivity index (χ3v) is 2.62. The molecular weight excluding hydrogens is 322 g/mol. The van der Waals surface area contributed by atoms with Gasteiger partial charge in [0.1, 0.15) is 30.1 Å². The number of nitrogens with one attached hydrogen (secondary N) is 5. The van der Waals surface area contributed by atoms with E-state index >= 15 is 0 Å². The number of nitrogens with two attached hydrogens (primary N) is 2. The summed E-state index contributed by atoms with van der Waals surface area (Å²) in [4.78, 5) is 57.8. The number of carbonyl (C=O) groups excluding carboxylic acids is 5. The lowest BCUT2D eigenvalue weighted by Gasteiger charge is -2.18. The van der Waals surface area contributed by atoms with Crippen LogP contribution < -0.4 is 38.1 Å². The first-order valence-electron chi connectivity index (χ1n) is 6.42. The number of hydrazine groups is 2. The summed E-state index contributed by atoms with van der Waals surface area (Å²) in [7, 11) is 0. The van der Waals surface area contributed by atoms with Gasteiger partial charge < -0.3 is 11.5 Å². The Hall–Kier alpha value is -3.67. The molecule has 0 spiro atoms. The van der Waals surface area contributed by atoms with E-state index in [1.165, 1.54) is 18.5 Å². The highest BCUT2D eigenvalue weighted by molar-refractivity contribution is 6.34. The van der Waals surface area contributed by atoms with Gasteiger partial charge in [-0.2, -0.15) is 0 Å². The van der Waals surface area contributed by atoms with Gasteiger partial charge in [0.15, 0.2) is 0 Å². The zero-order valence-corrected chi connectivity index (χ0v) is 12.3. The number of primary amides is 2. The highest BCUT2D eigenvalue weighted by Gasteiger charge is 2.34. The highest BCUT2D eigenvalue weighted by Crippen LogP contribution is 2.08. The summed E-state index contributed by atoms with van der Waals surface area (Å²) in [6.07, 6.45) is 3.97. The molecule has 0 aromatic rings. The quantitative estimate of drug-likeness (QED) is 0.155. The number of Topliss-reactive ketones (excluding diaryl/α,β-unsaturated/α-hetero) is 1. The van der Waals surface area contributed by atoms with Crippen molar-refractivity contribution < 1.29 is 28.9 Å². The molecule has 0 fully saturated rings. The number of hydrogen-bond acceptors (Lipinski definition) is 5. The summed E-state index contributed by atoms with van der Waals surface area (Å²) in [5.41, 5.74) is 16.3. The number of amides is 6. The van der Waals surface area contributed by atoms with E-state index in [2.05, 4.69) is 6.58 Å². The number of quaternary nitrogens is 1. The van der Waals surface area contributed by atoms with Crippen molar-refractivity contribution in [3.8, 4) is 0 Å². The van der Waals surface area contributed by atoms with E-state index in [-0.39, 0.29) is 6.54 Å². The normalized spacial score (nSPS) is 13.9. The van der Waals surface area contributed by atoms with E-state index in [0.717, 1.165) is 0 Å². The summed E-state index contributed by atoms with van der Waals surface area (Å²) in [5, 5.41) is 0. The van der Waals surface area contributed by atoms with E-state index in [1.54, 1.807) is 0 Å². The molecule has 128 valence electrons. The molecule has 0 aliphatic carbocycles. The van der Waals surface area contributed by atoms with Gasteiger partial charge in [0.25, 0.3) is 11.8 Å². The Kier molecular flexibility index (Phi) is 6.20. The van der Waals surface area contributed by atoms with Crippen molar-refractivity contribution in [3.05, 3.63) is 36.2 Å². The van der Waals surface area contributed by atoms with Gasteiger partial charge in [0.05, 0.1) is 0 Å². The molecule has 1 heterocycles. The zero-order chi connectivity index (χ0) is 18.3. The number of carbonyl (C=O) groups is 5. The Morgan fingerprint density at radius 1 is 0.958 bits per heavy atom. The van der Waals surface area contributed by atoms with Crippen LogP contribution in [0, 0.1) is 0 Å². The lowest BCUT2D eigenvalue weighted by molar-refractivity contribution is -0.783. The molecule has 0 saturated heterocycles. The van der Waals surface area contributed by atoms with Gasteiger partial charge in [-0.25, -0.2) is 20.4 Å². The third-order valence-electron chi connectivity index (χ3n) is 2.62. The van der Waals surface area contributed by atoms with Crippen molar-refractivity contribution in [3.63, 3.8) is 0 Å². The molecule has 1 aliphatic heterocycles. The first-order chi connectivity index (χ1) is 11.3. The van der Waals surface area contributed by atoms with Gasteiger partial charge >= 0.3 is 12.1 Å². The largest absolute Gasteiger partial charge is 0.350 e. The Labute approximate surface area is 135 Å². The molecule has 12 heteroatoms. The van der Waals surface area contributed by atoms with Crippen LogP contribution in [0.3, 0.4) is 0 Å². The predicted molar refractivity (Wildman–Crippen MR) is 78.9 cm³/mol. The second kappa shape index (κ2) is 8.09. The molecule has 12 nitrogen and oxygen atoms in total. The molecule has 0 radical (unpaired) electrons. The minimum atomic E-state index is -1.04. The van der Waals surface area contributed by atoms with Crippen molar-refractivity contribution in [2.24, 2.45) is 11.5 Å². The monoisotopic (exact) mass is 338 g/mol. The average Bonchev–Trinajstić information content (AvgIpc) is 2.51. The summed E-state index contributed by atoms with van der Waals surface area (Å²) < 4.78 is 0. The fourth-order valence-electron chi connectivity index (χ4n) is 1.68. The van der Waals surface area contributed by atoms with Crippen LogP contribution in [0.1, 0.15) is 0 Å². The van der Waals surface area contributed by atoms with Crippen LogP contribution in [-0.2, 0) is 14.4 Å². The van der Waals surface area contributed by atoms with Gasteiger partial charge in [-0.1, -0.05) is 6.58 Å². The molecule has 0 bridgehead atoms. The van der Waals surface area contributed by atoms with Gasteiger partial charge in [-0.15, -0.1) is 0 Å². The van der Waals surface area contributed by atoms with Gasteiger partial charge in [-0.3, -0.25) is 30.1 Å². The topological polar surface area (TPSA) is 190 Å². The van der Waals surface area contributed by atoms with Crippen molar-refractivity contribution >= 4 is 29.7 Å². The van der Waals surface area contributed by atoms with Crippen molar-refractivity contribution in [2.75, 3.05) is 6.54 Å². The highest BCUT2D eigenvalue weighted by atomic mass is 16.2. The molecule has 9 N–H and O–H groups in total. The molecular formula is C12H16N7O5+. The summed E-state index contributed by atoms with van der Waals surface area (Å²) >= 11 is 0. The van der Waals surface area contributed by atoms with Crippen LogP contribution in [0.4, 0.5) is 9.59 Å². The van der Waals surface area contributed by atoms with E-state index in [0.29, 0.717) is 4.90 Å². The smallest absolute Gasteiger partial charge is 0.330 e. The minimum Gasteiger partial charge on any atom is -0.350 e. The number of hydrogen-bond donors (Lipinski definition) is 7. The van der Waals surface area contributed by atoms with E-state index in [4.69, 9.17) is 11.5 Å². The summed E-state index contributed by atoms with van der Waals surface area (Å²) in [6.45, 7) is 3.78. The number of urea groups is 2. The summed E-state index contributed by atoms with van der Waals surface area (Å²) in [5.74, 6) is -2.86. The SMILES string of the molecule is C=CC[NH+]1C=C(C(=O)NNC(N)=O)C(=O)C(C(=O)NNC(N)=O)=C1. The number of ketones is 1. The van der Waals surface area contributed by atoms with Crippen LogP contribution in [0.15, 0.2) is 36.2 Å². The van der Waals surface area contributed by atoms with Crippen LogP contribution >= 0.6 is 0 Å². The maximum atomic E-state index is 12.3. The molecule has 6 amide bonds. The molecule has 1 aliphatic rings. The molecule has 24 heavy (non-hydrogen) atoms. The maximum absolute atomic E-state index is 12.3. The summed E-state index contributed by atoms with van der Waals surface area (Å²) in [6, 6.07) is -2.08. The fraction of sp³-hybridized carbons (Fsp3) is 0.0833. The van der Waals surface area contributed by atoms with Crippen LogP contribution in [0.2, 0.25) is 0 Å². The molecule has 0 aromatic heterocycles. The van der Waals surface area contributed by atoms with Crippen molar-refractivity contribution in [1.29, 1.82) is 0 Å². The molecule has 1 rings (SSSR count). The van der Waals surface area contributed by atoms with Crippen LogP contribution in [-0.4, -0.2) is 36.2 Å². The first kappa shape index (κ1) is 18.4. The first-order valence-corrected chi connectivity index (χ1v) is 6.42. The van der Waals surface area contributed by atoms with E-state index in [1.807, 2.05) is 21.7 Å². The second-order valence-electron chi connectivity index (χ2n) is 4.40. The third kappa shape index (κ3) is 4.96. The maximum Gasteiger partial charge on any atom is 0.330 e. The average molecular weight is 338 g/mol. The Morgan fingerprint density at radius 3 is 1.71 bits per heavy atom. The lowest BCUT2D eigenvalue weighted by atomic mass is 10.0. The van der Waals surface area contributed by atoms with Gasteiger partial charge in [0.2, 0.25) is 5.78 Å². The van der Waals surface area contributed by atoms with Gasteiger partial charge in [-0.05, 0) is 6.08 Å². The van der Waals surface area contributed by atoms with E-state index in [9.17, 15) is 24.0 Å². The Morgan fingerprint density at radius 2 is 1.38 bits per heavy atom. The predicted octanol–water partition coefficient (Wildman–Crippen LogP) is -4.19. The lowest BCUT2D eigenvalue weighted by Crippen LogP contribution is -3.03. The zero-order valence-electron chi connectivity index (χ0n) is 12.3. The standard InChI is InChI=1S/C12H15N7O5/c1-2-3-19-4-6(9(21)15-17-11(13)23)8(20)7(5-19)10(22)16-18-12(14)24/h2,4-5H,1,3H2,(H,15,21)(H,16,22)(H3,13,17,23)(H3,14,18,24)/p+1. The van der Waals surface area contributed by atoms with Gasteiger partial charge in [0, 0.05) is 0 Å². The molecule has 0 saturated carbocycles. The van der Waals surface area contributed by atoms with Crippen molar-refractivity contribution in [2.45, 2.75) is 0 Å². The van der Waals surface area contributed by atoms with Crippen LogP contribution in [0.5, 0.6) is 0 Å². The Balaban J connectivity index is 3.00. The number of rotatable bonds is 4. The molecule has 0 unspecified atom stereocenters. The second-order valence-corrected chi connectivity index (χ2v) is 4.40. The molecule has 0 aromatic carbocycles. The fourth-order valence-corrected chi connectivity index (χ4v) is 1.68. The van der Waals surface area contributed by atoms with Crippen LogP contribution in [0.25, 0.3) is 0 Å². The minimum absolute atomic E-state index is 0.257.